The van der Waals surface area contributed by atoms with Crippen LogP contribution in [0.4, 0.5) is 19.0 Å². The Balaban J connectivity index is 1.86. The average molecular weight is 488 g/mol. The Morgan fingerprint density at radius 2 is 1.74 bits per heavy atom. The fourth-order valence-electron chi connectivity index (χ4n) is 2.72. The molecule has 2 N–H and O–H groups in total. The number of nitrogens with zero attached hydrogens (tertiary/aromatic N) is 3. The van der Waals surface area contributed by atoms with Crippen LogP contribution in [0.25, 0.3) is 0 Å². The van der Waals surface area contributed by atoms with E-state index in [-0.39, 0.29) is 31.9 Å². The predicted octanol–water partition coefficient (Wildman–Crippen LogP) is 2.41. The zero-order chi connectivity index (χ0) is 25.5. The number of ether oxygens (including phenoxy) is 2. The second-order valence-corrected chi connectivity index (χ2v) is 7.95. The van der Waals surface area contributed by atoms with Crippen molar-refractivity contribution < 1.29 is 32.5 Å². The van der Waals surface area contributed by atoms with Crippen LogP contribution in [0, 0.1) is 0 Å². The molecule has 0 aliphatic heterocycles. The molecule has 2 aromatic rings. The van der Waals surface area contributed by atoms with E-state index >= 15 is 0 Å². The lowest BCUT2D eigenvalue weighted by Gasteiger charge is -2.21. The van der Waals surface area contributed by atoms with Crippen molar-refractivity contribution in [2.75, 3.05) is 18.5 Å². The Morgan fingerprint density at radius 1 is 1.12 bits per heavy atom. The molecule has 0 bridgehead atoms. The summed E-state index contributed by atoms with van der Waals surface area (Å²) in [5.74, 6) is -0.348. The molecule has 1 aromatic carbocycles. The second kappa shape index (κ2) is 11.1. The maximum absolute atomic E-state index is 12.3. The third-order valence-corrected chi connectivity index (χ3v) is 4.66. The molecule has 0 saturated heterocycles. The average Bonchev–Trinajstić information content (AvgIpc) is 2.74. The molecule has 0 radical (unpaired) electrons. The van der Waals surface area contributed by atoms with Crippen molar-refractivity contribution >= 4 is 11.8 Å². The highest BCUT2D eigenvalue weighted by molar-refractivity contribution is 5.76. The molecule has 34 heavy (non-hydrogen) atoms. The lowest BCUT2D eigenvalue weighted by atomic mass is 10.1. The zero-order valence-corrected chi connectivity index (χ0v) is 19.0. The zero-order valence-electron chi connectivity index (χ0n) is 19.0. The van der Waals surface area contributed by atoms with E-state index in [4.69, 9.17) is 14.6 Å². The Labute approximate surface area is 192 Å². The third kappa shape index (κ3) is 7.81. The minimum Gasteiger partial charge on any atom is -0.494 e. The summed E-state index contributed by atoms with van der Waals surface area (Å²) in [6.07, 6.45) is -5.29. The van der Waals surface area contributed by atoms with Gasteiger partial charge < -0.3 is 19.9 Å². The van der Waals surface area contributed by atoms with Gasteiger partial charge in [0, 0.05) is 26.6 Å². The smallest absolute Gasteiger partial charge is 0.389 e. The van der Waals surface area contributed by atoms with Gasteiger partial charge in [-0.25, -0.2) is 14.3 Å². The van der Waals surface area contributed by atoms with E-state index in [0.717, 1.165) is 9.25 Å². The largest absolute Gasteiger partial charge is 0.494 e. The van der Waals surface area contributed by atoms with Crippen molar-refractivity contribution in [2.24, 2.45) is 7.05 Å². The van der Waals surface area contributed by atoms with Crippen LogP contribution in [0.15, 0.2) is 33.9 Å². The van der Waals surface area contributed by atoms with Gasteiger partial charge in [-0.05, 0) is 51.0 Å². The molecule has 0 atom stereocenters. The summed E-state index contributed by atoms with van der Waals surface area (Å²) in [6.45, 7) is 3.12. The number of anilines is 1. The van der Waals surface area contributed by atoms with Gasteiger partial charge in [-0.3, -0.25) is 9.36 Å². The standard InChI is InChI=1S/C21H27F3N4O6/c1-20(2,18(30)31)34-15-8-6-14(7-9-15)33-13-5-11-25-16-17(29)27(3)19(32)28(26-16)12-4-10-21(22,23)24/h6-9H,4-5,10-13H2,1-3H3,(H,25,26)(H,30,31). The fraction of sp³-hybridized carbons (Fsp3) is 0.524. The summed E-state index contributed by atoms with van der Waals surface area (Å²) in [5, 5.41) is 15.7. The molecule has 0 amide bonds. The molecule has 0 aliphatic rings. The third-order valence-electron chi connectivity index (χ3n) is 4.66. The van der Waals surface area contributed by atoms with Crippen LogP contribution in [0.3, 0.4) is 0 Å². The minimum absolute atomic E-state index is 0.142. The lowest BCUT2D eigenvalue weighted by molar-refractivity contribution is -0.152. The number of carboxylic acids is 1. The number of benzene rings is 1. The number of hydrogen-bond acceptors (Lipinski definition) is 7. The number of alkyl halides is 3. The van der Waals surface area contributed by atoms with E-state index in [0.29, 0.717) is 17.9 Å². The first-order chi connectivity index (χ1) is 15.8. The van der Waals surface area contributed by atoms with Gasteiger partial charge in [0.25, 0.3) is 5.56 Å². The van der Waals surface area contributed by atoms with Gasteiger partial charge in [0.2, 0.25) is 5.82 Å². The van der Waals surface area contributed by atoms with Gasteiger partial charge in [0.1, 0.15) is 11.5 Å². The molecular formula is C21H27F3N4O6. The van der Waals surface area contributed by atoms with Crippen molar-refractivity contribution in [1.82, 2.24) is 14.3 Å². The number of aromatic nitrogens is 3. The van der Waals surface area contributed by atoms with Gasteiger partial charge in [0.15, 0.2) is 5.60 Å². The highest BCUT2D eigenvalue weighted by Crippen LogP contribution is 2.22. The van der Waals surface area contributed by atoms with Crippen molar-refractivity contribution in [2.45, 2.75) is 51.4 Å². The first kappa shape index (κ1) is 26.7. The van der Waals surface area contributed by atoms with Gasteiger partial charge >= 0.3 is 17.8 Å². The predicted molar refractivity (Wildman–Crippen MR) is 116 cm³/mol. The van der Waals surface area contributed by atoms with Gasteiger partial charge in [-0.15, -0.1) is 5.10 Å². The van der Waals surface area contributed by atoms with Crippen molar-refractivity contribution in [3.05, 3.63) is 45.1 Å². The molecule has 1 heterocycles. The molecule has 188 valence electrons. The number of carbonyl (C=O) groups is 1. The van der Waals surface area contributed by atoms with E-state index < -0.39 is 35.4 Å². The fourth-order valence-corrected chi connectivity index (χ4v) is 2.72. The Kier molecular flexibility index (Phi) is 8.71. The van der Waals surface area contributed by atoms with Crippen LogP contribution in [0.5, 0.6) is 11.5 Å². The molecule has 0 aliphatic carbocycles. The van der Waals surface area contributed by atoms with Gasteiger partial charge in [0.05, 0.1) is 6.61 Å². The number of nitrogens with one attached hydrogen (secondary N) is 1. The Bertz CT molecular complexity index is 1090. The number of rotatable bonds is 12. The van der Waals surface area contributed by atoms with Crippen LogP contribution in [0.2, 0.25) is 0 Å². The molecule has 1 aromatic heterocycles. The molecule has 0 unspecified atom stereocenters. The molecular weight excluding hydrogens is 461 g/mol. The van der Waals surface area contributed by atoms with Crippen LogP contribution in [-0.4, -0.2) is 50.4 Å². The van der Waals surface area contributed by atoms with E-state index in [9.17, 15) is 27.6 Å². The van der Waals surface area contributed by atoms with Gasteiger partial charge in [-0.1, -0.05) is 0 Å². The normalized spacial score (nSPS) is 11.8. The summed E-state index contributed by atoms with van der Waals surface area (Å²) in [6, 6.07) is 6.39. The first-order valence-electron chi connectivity index (χ1n) is 10.4. The quantitative estimate of drug-likeness (QED) is 0.437. The first-order valence-corrected chi connectivity index (χ1v) is 10.4. The number of hydrogen-bond donors (Lipinski definition) is 2. The van der Waals surface area contributed by atoms with E-state index in [2.05, 4.69) is 10.4 Å². The molecule has 0 spiro atoms. The van der Waals surface area contributed by atoms with Crippen LogP contribution in [-0.2, 0) is 18.4 Å². The SMILES string of the molecule is Cn1c(=O)c(NCCCOc2ccc(OC(C)(C)C(=O)O)cc2)nn(CCCC(F)(F)F)c1=O. The summed E-state index contributed by atoms with van der Waals surface area (Å²) < 4.78 is 49.6. The number of halogens is 3. The topological polar surface area (TPSA) is 125 Å². The maximum Gasteiger partial charge on any atom is 0.389 e. The Hall–Kier alpha value is -3.51. The van der Waals surface area contributed by atoms with Crippen molar-refractivity contribution in [3.8, 4) is 11.5 Å². The number of carboxylic acid groups (broad SMARTS) is 1. The molecule has 10 nitrogen and oxygen atoms in total. The minimum atomic E-state index is -4.34. The molecule has 13 heteroatoms. The van der Waals surface area contributed by atoms with E-state index in [1.807, 2.05) is 0 Å². The highest BCUT2D eigenvalue weighted by Gasteiger charge is 2.29. The monoisotopic (exact) mass is 488 g/mol. The molecule has 2 rings (SSSR count). The number of aryl methyl sites for hydroxylation is 1. The van der Waals surface area contributed by atoms with Crippen LogP contribution in [0.1, 0.15) is 33.1 Å². The van der Waals surface area contributed by atoms with Crippen molar-refractivity contribution in [1.29, 1.82) is 0 Å². The van der Waals surface area contributed by atoms with E-state index in [1.165, 1.54) is 20.9 Å². The summed E-state index contributed by atoms with van der Waals surface area (Å²) in [5.41, 5.74) is -2.85. The molecule has 0 saturated carbocycles. The Morgan fingerprint density at radius 3 is 2.32 bits per heavy atom. The summed E-state index contributed by atoms with van der Waals surface area (Å²) in [7, 11) is 1.23. The van der Waals surface area contributed by atoms with Crippen LogP contribution >= 0.6 is 0 Å². The maximum atomic E-state index is 12.3. The molecule has 0 fully saturated rings. The summed E-state index contributed by atoms with van der Waals surface area (Å²) >= 11 is 0. The summed E-state index contributed by atoms with van der Waals surface area (Å²) in [4.78, 5) is 35.4. The highest BCUT2D eigenvalue weighted by atomic mass is 19.4. The number of aliphatic carboxylic acids is 1. The lowest BCUT2D eigenvalue weighted by Crippen LogP contribution is -2.41. The van der Waals surface area contributed by atoms with Crippen LogP contribution < -0.4 is 26.0 Å². The second-order valence-electron chi connectivity index (χ2n) is 7.95. The van der Waals surface area contributed by atoms with Gasteiger partial charge in [-0.2, -0.15) is 13.2 Å². The van der Waals surface area contributed by atoms with E-state index in [1.54, 1.807) is 24.3 Å². The van der Waals surface area contributed by atoms with Crippen molar-refractivity contribution in [3.63, 3.8) is 0 Å².